The molecule has 1 atom stereocenters. The van der Waals surface area contributed by atoms with Crippen LogP contribution in [0.4, 0.5) is 4.39 Å². The molecule has 1 heterocycles. The summed E-state index contributed by atoms with van der Waals surface area (Å²) in [6, 6.07) is 14.8. The highest BCUT2D eigenvalue weighted by molar-refractivity contribution is 6.10. The van der Waals surface area contributed by atoms with Gasteiger partial charge in [-0.3, -0.25) is 10.3 Å². The third-order valence-corrected chi connectivity index (χ3v) is 4.87. The van der Waals surface area contributed by atoms with Crippen molar-refractivity contribution in [1.82, 2.24) is 10.2 Å². The van der Waals surface area contributed by atoms with Crippen LogP contribution in [0.15, 0.2) is 59.7 Å². The molecule has 1 saturated carbocycles. The van der Waals surface area contributed by atoms with Crippen LogP contribution in [-0.2, 0) is 6.61 Å². The molecule has 1 N–H and O–H groups in total. The second-order valence-electron chi connectivity index (χ2n) is 7.17. The topological polar surface area (TPSA) is 36.9 Å². The standard InChI is InChI=1S/C22H24FN3O/c1-26-14-19(13-25-22(26)24-12-16-7-8-16)18-9-10-21(20(23)11-18)27-15-17-5-3-2-4-6-17/h2-6,9-11,13-14,16,22,24H,7-8,12,15H2,1H3. The number of allylic oxidation sites excluding steroid dienone is 1. The Morgan fingerprint density at radius 2 is 2.00 bits per heavy atom. The smallest absolute Gasteiger partial charge is 0.175 e. The van der Waals surface area contributed by atoms with Crippen LogP contribution in [0.1, 0.15) is 24.0 Å². The molecule has 27 heavy (non-hydrogen) atoms. The van der Waals surface area contributed by atoms with Gasteiger partial charge in [0.2, 0.25) is 0 Å². The number of hydrogen-bond acceptors (Lipinski definition) is 4. The highest BCUT2D eigenvalue weighted by atomic mass is 19.1. The average Bonchev–Trinajstić information content (AvgIpc) is 3.51. The van der Waals surface area contributed by atoms with E-state index in [9.17, 15) is 4.39 Å². The van der Waals surface area contributed by atoms with Crippen LogP contribution in [0.25, 0.3) is 5.57 Å². The maximum absolute atomic E-state index is 14.5. The number of hydrogen-bond donors (Lipinski definition) is 1. The lowest BCUT2D eigenvalue weighted by atomic mass is 10.1. The number of rotatable bonds is 7. The molecule has 0 saturated heterocycles. The van der Waals surface area contributed by atoms with Crippen molar-refractivity contribution in [3.8, 4) is 5.75 Å². The second kappa shape index (κ2) is 7.92. The molecule has 0 spiro atoms. The van der Waals surface area contributed by atoms with E-state index in [-0.39, 0.29) is 17.9 Å². The van der Waals surface area contributed by atoms with Crippen molar-refractivity contribution in [2.45, 2.75) is 25.7 Å². The molecule has 2 aromatic carbocycles. The largest absolute Gasteiger partial charge is 0.486 e. The molecule has 2 aliphatic rings. The minimum atomic E-state index is -0.366. The van der Waals surface area contributed by atoms with Crippen LogP contribution in [0.3, 0.4) is 0 Å². The van der Waals surface area contributed by atoms with Crippen molar-refractivity contribution in [3.05, 3.63) is 71.7 Å². The van der Waals surface area contributed by atoms with Crippen molar-refractivity contribution >= 4 is 11.8 Å². The Kier molecular flexibility index (Phi) is 5.21. The van der Waals surface area contributed by atoms with E-state index in [0.29, 0.717) is 6.61 Å². The highest BCUT2D eigenvalue weighted by Gasteiger charge is 2.23. The second-order valence-corrected chi connectivity index (χ2v) is 7.17. The molecule has 0 aromatic heterocycles. The molecule has 0 amide bonds. The SMILES string of the molecule is CN1C=C(c2ccc(OCc3ccccc3)c(F)c2)C=NC1NCC1CC1. The van der Waals surface area contributed by atoms with Gasteiger partial charge in [-0.05, 0) is 42.0 Å². The van der Waals surface area contributed by atoms with Gasteiger partial charge >= 0.3 is 0 Å². The Morgan fingerprint density at radius 3 is 2.70 bits per heavy atom. The molecule has 1 aliphatic carbocycles. The Hall–Kier alpha value is -2.66. The van der Waals surface area contributed by atoms with E-state index in [1.54, 1.807) is 6.07 Å². The zero-order valence-electron chi connectivity index (χ0n) is 15.4. The Morgan fingerprint density at radius 1 is 1.19 bits per heavy atom. The van der Waals surface area contributed by atoms with Crippen LogP contribution in [0.2, 0.25) is 0 Å². The molecule has 140 valence electrons. The van der Waals surface area contributed by atoms with Crippen LogP contribution in [0, 0.1) is 11.7 Å². The van der Waals surface area contributed by atoms with Crippen LogP contribution in [0.5, 0.6) is 5.75 Å². The highest BCUT2D eigenvalue weighted by Crippen LogP contribution is 2.28. The van der Waals surface area contributed by atoms with Gasteiger partial charge in [0.05, 0.1) is 0 Å². The van der Waals surface area contributed by atoms with Gasteiger partial charge in [-0.2, -0.15) is 0 Å². The fourth-order valence-corrected chi connectivity index (χ4v) is 3.05. The van der Waals surface area contributed by atoms with Crippen molar-refractivity contribution in [1.29, 1.82) is 0 Å². The first-order valence-corrected chi connectivity index (χ1v) is 9.36. The molecule has 5 heteroatoms. The zero-order chi connectivity index (χ0) is 18.6. The Balaban J connectivity index is 1.39. The number of aliphatic imine (C=N–C) groups is 1. The van der Waals surface area contributed by atoms with Gasteiger partial charge in [0.1, 0.15) is 6.61 Å². The van der Waals surface area contributed by atoms with Gasteiger partial charge in [0.15, 0.2) is 17.9 Å². The van der Waals surface area contributed by atoms with E-state index in [1.165, 1.54) is 18.9 Å². The molecular weight excluding hydrogens is 341 g/mol. The third kappa shape index (κ3) is 4.55. The maximum Gasteiger partial charge on any atom is 0.175 e. The van der Waals surface area contributed by atoms with Crippen LogP contribution < -0.4 is 10.1 Å². The van der Waals surface area contributed by atoms with Crippen LogP contribution >= 0.6 is 0 Å². The molecule has 0 radical (unpaired) electrons. The predicted molar refractivity (Wildman–Crippen MR) is 106 cm³/mol. The molecular formula is C22H24FN3O. The number of benzene rings is 2. The van der Waals surface area contributed by atoms with E-state index in [1.807, 2.05) is 60.8 Å². The summed E-state index contributed by atoms with van der Waals surface area (Å²) >= 11 is 0. The lowest BCUT2D eigenvalue weighted by Crippen LogP contribution is -2.42. The molecule has 2 aromatic rings. The minimum absolute atomic E-state index is 0.0484. The average molecular weight is 365 g/mol. The molecule has 4 rings (SSSR count). The monoisotopic (exact) mass is 365 g/mol. The molecule has 1 fully saturated rings. The predicted octanol–water partition coefficient (Wildman–Crippen LogP) is 4.05. The molecule has 4 nitrogen and oxygen atoms in total. The van der Waals surface area contributed by atoms with E-state index in [0.717, 1.165) is 29.2 Å². The zero-order valence-corrected chi connectivity index (χ0v) is 15.4. The first-order chi connectivity index (χ1) is 13.2. The van der Waals surface area contributed by atoms with E-state index < -0.39 is 0 Å². The van der Waals surface area contributed by atoms with Gasteiger partial charge in [-0.25, -0.2) is 4.39 Å². The molecule has 1 unspecified atom stereocenters. The minimum Gasteiger partial charge on any atom is -0.486 e. The summed E-state index contributed by atoms with van der Waals surface area (Å²) in [7, 11) is 1.98. The first-order valence-electron chi connectivity index (χ1n) is 9.36. The van der Waals surface area contributed by atoms with Crippen molar-refractivity contribution in [3.63, 3.8) is 0 Å². The summed E-state index contributed by atoms with van der Waals surface area (Å²) in [5.74, 6) is 0.694. The first kappa shape index (κ1) is 17.7. The quantitative estimate of drug-likeness (QED) is 0.804. The summed E-state index contributed by atoms with van der Waals surface area (Å²) < 4.78 is 20.1. The van der Waals surface area contributed by atoms with Crippen LogP contribution in [-0.4, -0.2) is 31.0 Å². The third-order valence-electron chi connectivity index (χ3n) is 4.87. The van der Waals surface area contributed by atoms with Gasteiger partial charge in [-0.15, -0.1) is 0 Å². The number of nitrogens with zero attached hydrogens (tertiary/aromatic N) is 2. The van der Waals surface area contributed by atoms with Gasteiger partial charge in [0.25, 0.3) is 0 Å². The van der Waals surface area contributed by atoms with E-state index in [4.69, 9.17) is 4.74 Å². The van der Waals surface area contributed by atoms with Crippen molar-refractivity contribution in [2.24, 2.45) is 10.9 Å². The Labute approximate surface area is 159 Å². The summed E-state index contributed by atoms with van der Waals surface area (Å²) in [5.41, 5.74) is 2.68. The fraction of sp³-hybridized carbons (Fsp3) is 0.318. The molecule has 1 aliphatic heterocycles. The van der Waals surface area contributed by atoms with E-state index >= 15 is 0 Å². The number of nitrogens with one attached hydrogen (secondary N) is 1. The summed E-state index contributed by atoms with van der Waals surface area (Å²) in [6.07, 6.45) is 6.38. The van der Waals surface area contributed by atoms with Gasteiger partial charge in [0, 0.05) is 31.6 Å². The van der Waals surface area contributed by atoms with Crippen molar-refractivity contribution in [2.75, 3.05) is 13.6 Å². The lowest BCUT2D eigenvalue weighted by Gasteiger charge is -2.28. The summed E-state index contributed by atoms with van der Waals surface area (Å²) in [5, 5.41) is 3.45. The summed E-state index contributed by atoms with van der Waals surface area (Å²) in [4.78, 5) is 6.59. The normalized spacial score (nSPS) is 19.1. The molecule has 0 bridgehead atoms. The lowest BCUT2D eigenvalue weighted by molar-refractivity contribution is 0.281. The van der Waals surface area contributed by atoms with E-state index in [2.05, 4.69) is 10.3 Å². The van der Waals surface area contributed by atoms with Gasteiger partial charge in [-0.1, -0.05) is 36.4 Å². The fourth-order valence-electron chi connectivity index (χ4n) is 3.05. The number of halogens is 1. The maximum atomic E-state index is 14.5. The van der Waals surface area contributed by atoms with Crippen molar-refractivity contribution < 1.29 is 9.13 Å². The summed E-state index contributed by atoms with van der Waals surface area (Å²) in [6.45, 7) is 1.34. The van der Waals surface area contributed by atoms with Gasteiger partial charge < -0.3 is 9.64 Å². The number of ether oxygens (including phenoxy) is 1. The Bertz CT molecular complexity index is 846.